The molecule has 1 aliphatic rings. The van der Waals surface area contributed by atoms with Gasteiger partial charge in [0.15, 0.2) is 0 Å². The van der Waals surface area contributed by atoms with Crippen molar-refractivity contribution in [2.75, 3.05) is 32.5 Å². The Balaban J connectivity index is 2.12. The van der Waals surface area contributed by atoms with Crippen LogP contribution in [0.5, 0.6) is 5.75 Å². The van der Waals surface area contributed by atoms with E-state index in [1.807, 2.05) is 6.92 Å². The van der Waals surface area contributed by atoms with Crippen molar-refractivity contribution >= 4 is 17.5 Å². The summed E-state index contributed by atoms with van der Waals surface area (Å²) in [6, 6.07) is 5.29. The van der Waals surface area contributed by atoms with Gasteiger partial charge >= 0.3 is 0 Å². The van der Waals surface area contributed by atoms with E-state index in [9.17, 15) is 9.59 Å². The number of benzene rings is 1. The van der Waals surface area contributed by atoms with Gasteiger partial charge in [-0.1, -0.05) is 6.92 Å². The third-order valence-electron chi connectivity index (χ3n) is 3.52. The molecule has 0 aliphatic carbocycles. The lowest BCUT2D eigenvalue weighted by Crippen LogP contribution is -2.53. The van der Waals surface area contributed by atoms with Crippen molar-refractivity contribution in [3.05, 3.63) is 23.8 Å². The second kappa shape index (κ2) is 6.47. The fraction of sp³-hybridized carbons (Fsp3) is 0.467. The Morgan fingerprint density at radius 1 is 1.19 bits per heavy atom. The molecule has 1 aromatic carbocycles. The minimum Gasteiger partial charge on any atom is -0.496 e. The first-order valence-corrected chi connectivity index (χ1v) is 7.03. The highest BCUT2D eigenvalue weighted by Crippen LogP contribution is 2.23. The number of anilines is 1. The fourth-order valence-corrected chi connectivity index (χ4v) is 2.45. The van der Waals surface area contributed by atoms with Gasteiger partial charge in [-0.15, -0.1) is 0 Å². The number of amides is 2. The smallest absolute Gasteiger partial charge is 0.242 e. The van der Waals surface area contributed by atoms with Gasteiger partial charge in [0.25, 0.3) is 0 Å². The Hall–Kier alpha value is -2.24. The van der Waals surface area contributed by atoms with Gasteiger partial charge < -0.3 is 20.3 Å². The average molecular weight is 291 g/mol. The second-order valence-electron chi connectivity index (χ2n) is 5.14. The minimum absolute atomic E-state index is 0.0145. The van der Waals surface area contributed by atoms with Gasteiger partial charge in [0.05, 0.1) is 13.7 Å². The lowest BCUT2D eigenvalue weighted by Gasteiger charge is -2.34. The van der Waals surface area contributed by atoms with Crippen LogP contribution in [0.25, 0.3) is 0 Å². The van der Waals surface area contributed by atoms with Gasteiger partial charge in [-0.25, -0.2) is 0 Å². The number of hydrogen-bond acceptors (Lipinski definition) is 4. The van der Waals surface area contributed by atoms with Crippen LogP contribution in [0.2, 0.25) is 0 Å². The van der Waals surface area contributed by atoms with Crippen LogP contribution in [0, 0.1) is 0 Å². The molecule has 1 aliphatic heterocycles. The zero-order valence-electron chi connectivity index (χ0n) is 12.5. The van der Waals surface area contributed by atoms with Crippen molar-refractivity contribution in [3.63, 3.8) is 0 Å². The summed E-state index contributed by atoms with van der Waals surface area (Å²) in [7, 11) is 1.57. The summed E-state index contributed by atoms with van der Waals surface area (Å²) < 4.78 is 5.27. The van der Waals surface area contributed by atoms with Crippen molar-refractivity contribution in [1.29, 1.82) is 0 Å². The summed E-state index contributed by atoms with van der Waals surface area (Å²) in [6.45, 7) is 3.20. The summed E-state index contributed by atoms with van der Waals surface area (Å²) in [4.78, 5) is 27.4. The van der Waals surface area contributed by atoms with Gasteiger partial charge in [0.2, 0.25) is 11.8 Å². The molecule has 0 radical (unpaired) electrons. The maximum absolute atomic E-state index is 12.2. The van der Waals surface area contributed by atoms with E-state index in [2.05, 4.69) is 0 Å². The molecule has 1 saturated heterocycles. The molecule has 0 bridgehead atoms. The fourth-order valence-electron chi connectivity index (χ4n) is 2.45. The van der Waals surface area contributed by atoms with Crippen LogP contribution < -0.4 is 10.5 Å². The first kappa shape index (κ1) is 15.2. The molecular weight excluding hydrogens is 270 g/mol. The van der Waals surface area contributed by atoms with Crippen molar-refractivity contribution in [2.45, 2.75) is 19.9 Å². The highest BCUT2D eigenvalue weighted by molar-refractivity contribution is 5.92. The number of piperazine rings is 1. The van der Waals surface area contributed by atoms with Crippen molar-refractivity contribution in [1.82, 2.24) is 9.80 Å². The molecular formula is C15H21N3O3. The molecule has 0 aromatic heterocycles. The molecule has 6 nitrogen and oxygen atoms in total. The van der Waals surface area contributed by atoms with E-state index in [1.54, 1.807) is 35.1 Å². The van der Waals surface area contributed by atoms with Crippen LogP contribution in [-0.2, 0) is 16.1 Å². The predicted octanol–water partition coefficient (Wildman–Crippen LogP) is 0.858. The second-order valence-corrected chi connectivity index (χ2v) is 5.14. The van der Waals surface area contributed by atoms with Crippen LogP contribution in [0.4, 0.5) is 5.69 Å². The molecule has 114 valence electrons. The van der Waals surface area contributed by atoms with E-state index < -0.39 is 0 Å². The van der Waals surface area contributed by atoms with E-state index >= 15 is 0 Å². The van der Waals surface area contributed by atoms with Crippen LogP contribution in [-0.4, -0.2) is 48.4 Å². The topological polar surface area (TPSA) is 75.9 Å². The van der Waals surface area contributed by atoms with Crippen LogP contribution in [0.3, 0.4) is 0 Å². The number of hydrogen-bond donors (Lipinski definition) is 1. The van der Waals surface area contributed by atoms with Gasteiger partial charge in [-0.2, -0.15) is 0 Å². The van der Waals surface area contributed by atoms with E-state index in [4.69, 9.17) is 10.5 Å². The Kier molecular flexibility index (Phi) is 4.67. The Morgan fingerprint density at radius 3 is 2.52 bits per heavy atom. The zero-order chi connectivity index (χ0) is 15.4. The summed E-state index contributed by atoms with van der Waals surface area (Å²) in [5, 5.41) is 0. The lowest BCUT2D eigenvalue weighted by molar-refractivity contribution is -0.150. The summed E-state index contributed by atoms with van der Waals surface area (Å²) in [5.74, 6) is 0.604. The van der Waals surface area contributed by atoms with E-state index in [0.29, 0.717) is 24.5 Å². The molecule has 0 atom stereocenters. The number of rotatable bonds is 5. The normalized spacial score (nSPS) is 15.5. The standard InChI is InChI=1S/C15H21N3O3/c1-3-6-17-9-15(20)18(10-14(17)19)8-11-7-12(16)4-5-13(11)21-2/h4-5,7H,3,6,8-10,16H2,1-2H3. The van der Waals surface area contributed by atoms with E-state index in [-0.39, 0.29) is 24.9 Å². The largest absolute Gasteiger partial charge is 0.496 e. The number of ether oxygens (including phenoxy) is 1. The van der Waals surface area contributed by atoms with Crippen molar-refractivity contribution < 1.29 is 14.3 Å². The minimum atomic E-state index is -0.0486. The van der Waals surface area contributed by atoms with E-state index in [0.717, 1.165) is 12.0 Å². The highest BCUT2D eigenvalue weighted by atomic mass is 16.5. The first-order valence-electron chi connectivity index (χ1n) is 7.03. The third kappa shape index (κ3) is 3.45. The van der Waals surface area contributed by atoms with Gasteiger partial charge in [-0.05, 0) is 24.6 Å². The SMILES string of the molecule is CCCN1CC(=O)N(Cc2cc(N)ccc2OC)CC1=O. The molecule has 0 saturated carbocycles. The zero-order valence-corrected chi connectivity index (χ0v) is 12.5. The molecule has 1 aromatic rings. The van der Waals surface area contributed by atoms with Gasteiger partial charge in [0.1, 0.15) is 12.3 Å². The number of nitrogens with two attached hydrogens (primary N) is 1. The van der Waals surface area contributed by atoms with Crippen LogP contribution in [0.15, 0.2) is 18.2 Å². The molecule has 2 rings (SSSR count). The number of nitrogens with zero attached hydrogens (tertiary/aromatic N) is 2. The summed E-state index contributed by atoms with van der Waals surface area (Å²) in [5.41, 5.74) is 7.19. The molecule has 2 N–H and O–H groups in total. The van der Waals surface area contributed by atoms with Crippen LogP contribution >= 0.6 is 0 Å². The maximum atomic E-state index is 12.2. The monoisotopic (exact) mass is 291 g/mol. The summed E-state index contributed by atoms with van der Waals surface area (Å²) in [6.07, 6.45) is 0.849. The molecule has 1 heterocycles. The average Bonchev–Trinajstić information content (AvgIpc) is 2.45. The highest BCUT2D eigenvalue weighted by Gasteiger charge is 2.29. The molecule has 0 unspecified atom stereocenters. The Morgan fingerprint density at radius 2 is 1.86 bits per heavy atom. The molecule has 6 heteroatoms. The first-order chi connectivity index (χ1) is 10.0. The van der Waals surface area contributed by atoms with Crippen molar-refractivity contribution in [3.8, 4) is 5.75 Å². The molecule has 21 heavy (non-hydrogen) atoms. The predicted molar refractivity (Wildman–Crippen MR) is 79.7 cm³/mol. The van der Waals surface area contributed by atoms with E-state index in [1.165, 1.54) is 0 Å². The quantitative estimate of drug-likeness (QED) is 0.816. The summed E-state index contributed by atoms with van der Waals surface area (Å²) >= 11 is 0. The van der Waals surface area contributed by atoms with Crippen molar-refractivity contribution in [2.24, 2.45) is 0 Å². The number of carbonyl (C=O) groups is 2. The van der Waals surface area contributed by atoms with Crippen LogP contribution in [0.1, 0.15) is 18.9 Å². The number of nitrogen functional groups attached to an aromatic ring is 1. The molecule has 0 spiro atoms. The Bertz CT molecular complexity index is 545. The van der Waals surface area contributed by atoms with Gasteiger partial charge in [0, 0.05) is 24.3 Å². The number of carbonyl (C=O) groups excluding carboxylic acids is 2. The Labute approximate surface area is 124 Å². The van der Waals surface area contributed by atoms with Gasteiger partial charge in [-0.3, -0.25) is 9.59 Å². The maximum Gasteiger partial charge on any atom is 0.242 e. The number of methoxy groups -OCH3 is 1. The molecule has 2 amide bonds. The molecule has 1 fully saturated rings. The third-order valence-corrected chi connectivity index (χ3v) is 3.52. The lowest BCUT2D eigenvalue weighted by atomic mass is 10.1.